The highest BCUT2D eigenvalue weighted by atomic mass is 32.2. The number of sulfone groups is 1. The molecule has 1 saturated heterocycles. The number of hydrogen-bond donors (Lipinski definition) is 0. The number of ketones is 2. The van der Waals surface area contributed by atoms with Crippen molar-refractivity contribution in [3.63, 3.8) is 0 Å². The van der Waals surface area contributed by atoms with Gasteiger partial charge in [0, 0.05) is 42.2 Å². The lowest BCUT2D eigenvalue weighted by Crippen LogP contribution is -2.64. The topological polar surface area (TPSA) is 112 Å². The summed E-state index contributed by atoms with van der Waals surface area (Å²) in [5.74, 6) is -3.58. The van der Waals surface area contributed by atoms with Crippen molar-refractivity contribution in [2.45, 2.75) is 89.5 Å². The van der Waals surface area contributed by atoms with E-state index < -0.39 is 56.3 Å². The first-order valence-electron chi connectivity index (χ1n) is 14.3. The van der Waals surface area contributed by atoms with Crippen LogP contribution in [0, 0.1) is 62.2 Å². The first kappa shape index (κ1) is 32.3. The molecule has 0 aromatic carbocycles. The second-order valence-corrected chi connectivity index (χ2v) is 16.6. The number of hydrogen-bond acceptors (Lipinski definition) is 8. The standard InChI is InChI=1S/C17H18O5.C8H12O2S.C8H12S/c1-6-7(2)17(4)11-9(19)5-8(18)10(11)16(6,3)12-13(17)15(21)22-14(12)20;1-5-6(2)8(4)11(9,10)7(5)3;1-5-6(2)8(4)9-7(5)3/h10-13H,5H2,1-4H3;1-4H3;1-4H3. The molecule has 6 aliphatic rings. The first-order valence-corrected chi connectivity index (χ1v) is 16.6. The number of rotatable bonds is 0. The third kappa shape index (κ3) is 4.13. The molecule has 2 bridgehead atoms. The van der Waals surface area contributed by atoms with Crippen molar-refractivity contribution in [1.29, 1.82) is 0 Å². The van der Waals surface area contributed by atoms with Crippen LogP contribution in [-0.2, 0) is 33.8 Å². The molecule has 4 aliphatic carbocycles. The van der Waals surface area contributed by atoms with Crippen molar-refractivity contribution in [1.82, 2.24) is 0 Å². The number of cyclic esters (lactones) is 2. The van der Waals surface area contributed by atoms with Gasteiger partial charge in [0.1, 0.15) is 11.6 Å². The monoisotopic (exact) mass is 614 g/mol. The Bertz CT molecular complexity index is 1510. The van der Waals surface area contributed by atoms with Crippen LogP contribution in [-0.4, -0.2) is 31.9 Å². The van der Waals surface area contributed by atoms with Gasteiger partial charge < -0.3 is 4.74 Å². The van der Waals surface area contributed by atoms with Crippen LogP contribution in [0.3, 0.4) is 0 Å². The van der Waals surface area contributed by atoms with E-state index in [4.69, 9.17) is 4.74 Å². The van der Waals surface area contributed by atoms with Gasteiger partial charge in [-0.2, -0.15) is 0 Å². The second-order valence-electron chi connectivity index (χ2n) is 12.9. The normalized spacial score (nSPS) is 34.3. The van der Waals surface area contributed by atoms with Crippen molar-refractivity contribution in [2.75, 3.05) is 0 Å². The largest absolute Gasteiger partial charge is 0.393 e. The SMILES string of the molecule is CC1=C(C)C2(C)C3C(=O)CC(=O)C3C1(C)C1C(=O)OC(=O)C12.CC1=C(C)S(=O)(=O)C(C)=C1C.Cc1sc(C)c(C)c1C. The third-order valence-electron chi connectivity index (χ3n) is 11.5. The lowest BCUT2D eigenvalue weighted by atomic mass is 9.38. The maximum Gasteiger partial charge on any atom is 0.318 e. The summed E-state index contributed by atoms with van der Waals surface area (Å²) < 4.78 is 27.7. The molecule has 42 heavy (non-hydrogen) atoms. The van der Waals surface area contributed by atoms with E-state index in [-0.39, 0.29) is 18.0 Å². The number of thiophene rings is 1. The van der Waals surface area contributed by atoms with E-state index in [0.717, 1.165) is 22.3 Å². The van der Waals surface area contributed by atoms with Gasteiger partial charge in [-0.1, -0.05) is 25.0 Å². The minimum atomic E-state index is -3.04. The summed E-state index contributed by atoms with van der Waals surface area (Å²) >= 11 is 1.90. The highest BCUT2D eigenvalue weighted by Crippen LogP contribution is 2.72. The number of carbonyl (C=O) groups is 4. The Morgan fingerprint density at radius 3 is 1.19 bits per heavy atom. The van der Waals surface area contributed by atoms with Gasteiger partial charge in [-0.15, -0.1) is 11.3 Å². The van der Waals surface area contributed by atoms with Crippen LogP contribution in [0.15, 0.2) is 32.1 Å². The fourth-order valence-electron chi connectivity index (χ4n) is 8.00. The van der Waals surface area contributed by atoms with E-state index in [1.54, 1.807) is 13.8 Å². The van der Waals surface area contributed by atoms with Gasteiger partial charge in [0.25, 0.3) is 0 Å². The molecule has 1 aromatic heterocycles. The van der Waals surface area contributed by atoms with Gasteiger partial charge >= 0.3 is 11.9 Å². The first-order chi connectivity index (χ1) is 19.2. The molecule has 3 heterocycles. The molecule has 6 unspecified atom stereocenters. The quantitative estimate of drug-likeness (QED) is 0.188. The maximum atomic E-state index is 12.5. The second kappa shape index (κ2) is 10.2. The van der Waals surface area contributed by atoms with E-state index >= 15 is 0 Å². The molecule has 2 saturated carbocycles. The van der Waals surface area contributed by atoms with Crippen molar-refractivity contribution in [3.8, 4) is 0 Å². The molecular formula is C33H42O7S2. The van der Waals surface area contributed by atoms with Crippen molar-refractivity contribution in [3.05, 3.63) is 53.0 Å². The van der Waals surface area contributed by atoms with E-state index in [0.29, 0.717) is 9.81 Å². The van der Waals surface area contributed by atoms with Crippen LogP contribution in [0.5, 0.6) is 0 Å². The van der Waals surface area contributed by atoms with Gasteiger partial charge in [-0.05, 0) is 91.5 Å². The van der Waals surface area contributed by atoms with Gasteiger partial charge in [0.2, 0.25) is 0 Å². The zero-order valence-corrected chi connectivity index (χ0v) is 28.3. The third-order valence-corrected chi connectivity index (χ3v) is 15.0. The summed E-state index contributed by atoms with van der Waals surface area (Å²) in [6.45, 7) is 23.3. The van der Waals surface area contributed by atoms with Crippen LogP contribution in [0.1, 0.15) is 82.7 Å². The minimum Gasteiger partial charge on any atom is -0.393 e. The molecule has 7 rings (SSSR count). The summed E-state index contributed by atoms with van der Waals surface area (Å²) in [6, 6.07) is 0. The Labute approximate surface area is 253 Å². The molecule has 228 valence electrons. The van der Waals surface area contributed by atoms with E-state index in [9.17, 15) is 27.6 Å². The molecule has 6 atom stereocenters. The Hall–Kier alpha value is -2.65. The molecule has 0 spiro atoms. The summed E-state index contributed by atoms with van der Waals surface area (Å²) in [7, 11) is -3.04. The van der Waals surface area contributed by atoms with Crippen molar-refractivity contribution >= 4 is 44.7 Å². The minimum absolute atomic E-state index is 0.0796. The van der Waals surface area contributed by atoms with Crippen LogP contribution < -0.4 is 0 Å². The fraction of sp³-hybridized carbons (Fsp3) is 0.576. The molecule has 2 aliphatic heterocycles. The number of aryl methyl sites for hydroxylation is 2. The molecule has 0 radical (unpaired) electrons. The highest BCUT2D eigenvalue weighted by Gasteiger charge is 2.77. The number of esters is 2. The van der Waals surface area contributed by atoms with Crippen LogP contribution in [0.25, 0.3) is 0 Å². The number of ether oxygens (including phenoxy) is 1. The molecule has 0 amide bonds. The average Bonchev–Trinajstić information content (AvgIpc) is 3.53. The number of allylic oxidation sites excluding steroid dienone is 6. The Balaban J connectivity index is 0.000000169. The highest BCUT2D eigenvalue weighted by molar-refractivity contribution is 7.99. The van der Waals surface area contributed by atoms with Gasteiger partial charge in [-0.25, -0.2) is 8.42 Å². The zero-order chi connectivity index (χ0) is 32.0. The Morgan fingerprint density at radius 1 is 0.619 bits per heavy atom. The molecule has 9 heteroatoms. The summed E-state index contributed by atoms with van der Waals surface area (Å²) in [6.07, 6.45) is -0.0796. The van der Waals surface area contributed by atoms with Crippen LogP contribution >= 0.6 is 11.3 Å². The fourth-order valence-corrected chi connectivity index (χ4v) is 10.6. The number of carbonyl (C=O) groups excluding carboxylic acids is 4. The molecule has 3 fully saturated rings. The Kier molecular flexibility index (Phi) is 7.85. The van der Waals surface area contributed by atoms with Gasteiger partial charge in [0.05, 0.1) is 18.3 Å². The summed E-state index contributed by atoms with van der Waals surface area (Å²) in [5, 5.41) is 0. The lowest BCUT2D eigenvalue weighted by molar-refractivity contribution is -0.158. The number of Topliss-reactive ketones (excluding diaryl/α,β-unsaturated/α-hetero) is 2. The molecule has 1 aromatic rings. The van der Waals surface area contributed by atoms with E-state index in [2.05, 4.69) is 27.7 Å². The lowest BCUT2D eigenvalue weighted by Gasteiger charge is -2.61. The molecular weight excluding hydrogens is 572 g/mol. The van der Waals surface area contributed by atoms with E-state index in [1.165, 1.54) is 20.9 Å². The molecule has 0 N–H and O–H groups in total. The Morgan fingerprint density at radius 2 is 0.952 bits per heavy atom. The predicted molar refractivity (Wildman–Crippen MR) is 163 cm³/mol. The van der Waals surface area contributed by atoms with Crippen LogP contribution in [0.2, 0.25) is 0 Å². The van der Waals surface area contributed by atoms with Gasteiger partial charge in [-0.3, -0.25) is 19.2 Å². The zero-order valence-electron chi connectivity index (χ0n) is 26.7. The van der Waals surface area contributed by atoms with Crippen molar-refractivity contribution in [2.24, 2.45) is 34.5 Å². The van der Waals surface area contributed by atoms with Gasteiger partial charge in [0.15, 0.2) is 9.84 Å². The smallest absolute Gasteiger partial charge is 0.318 e. The maximum absolute atomic E-state index is 12.5. The predicted octanol–water partition coefficient (Wildman–Crippen LogP) is 6.44. The summed E-state index contributed by atoms with van der Waals surface area (Å²) in [5.41, 5.74) is 5.10. The average molecular weight is 615 g/mol. The van der Waals surface area contributed by atoms with Crippen molar-refractivity contribution < 1.29 is 32.3 Å². The summed E-state index contributed by atoms with van der Waals surface area (Å²) in [4.78, 5) is 53.6. The molecule has 7 nitrogen and oxygen atoms in total. The van der Waals surface area contributed by atoms with Crippen LogP contribution in [0.4, 0.5) is 0 Å². The van der Waals surface area contributed by atoms with E-state index in [1.807, 2.05) is 52.9 Å².